The van der Waals surface area contributed by atoms with Crippen molar-refractivity contribution in [1.82, 2.24) is 15.1 Å². The van der Waals surface area contributed by atoms with Crippen molar-refractivity contribution in [3.05, 3.63) is 35.1 Å². The van der Waals surface area contributed by atoms with E-state index in [0.29, 0.717) is 17.2 Å². The van der Waals surface area contributed by atoms with Gasteiger partial charge in [-0.3, -0.25) is 9.69 Å². The number of rotatable bonds is 2. The smallest absolute Gasteiger partial charge is 0.253 e. The van der Waals surface area contributed by atoms with Gasteiger partial charge in [-0.05, 0) is 30.7 Å². The molecule has 1 aromatic rings. The van der Waals surface area contributed by atoms with E-state index in [1.165, 1.54) is 6.07 Å². The molecular weight excluding hydrogens is 257 g/mol. The molecule has 5 heteroatoms. The van der Waals surface area contributed by atoms with Gasteiger partial charge in [-0.2, -0.15) is 0 Å². The molecule has 20 heavy (non-hydrogen) atoms. The predicted octanol–water partition coefficient (Wildman–Crippen LogP) is 0.864. The summed E-state index contributed by atoms with van der Waals surface area (Å²) in [5.74, 6) is -0.247. The third-order valence-electron chi connectivity index (χ3n) is 4.22. The molecule has 0 atom stereocenters. The number of hydrogen-bond donors (Lipinski definition) is 1. The molecule has 0 aromatic heterocycles. The molecule has 1 aromatic carbocycles. The fourth-order valence-corrected chi connectivity index (χ4v) is 2.86. The fourth-order valence-electron chi connectivity index (χ4n) is 2.86. The first kappa shape index (κ1) is 13.5. The van der Waals surface area contributed by atoms with Gasteiger partial charge < -0.3 is 10.2 Å². The van der Waals surface area contributed by atoms with Crippen LogP contribution in [0.2, 0.25) is 0 Å². The number of nitrogens with one attached hydrogen (secondary N) is 1. The average Bonchev–Trinajstić information content (AvgIpc) is 2.41. The van der Waals surface area contributed by atoms with Crippen LogP contribution in [0.1, 0.15) is 15.9 Å². The van der Waals surface area contributed by atoms with Gasteiger partial charge in [0, 0.05) is 50.9 Å². The summed E-state index contributed by atoms with van der Waals surface area (Å²) < 4.78 is 13.2. The van der Waals surface area contributed by atoms with Gasteiger partial charge in [-0.15, -0.1) is 0 Å². The highest BCUT2D eigenvalue weighted by atomic mass is 19.1. The SMILES string of the molecule is Cc1cc(C(=O)N2CC(N3CCNCC3)C2)ccc1F. The van der Waals surface area contributed by atoms with Crippen molar-refractivity contribution in [3.63, 3.8) is 0 Å². The van der Waals surface area contributed by atoms with Crippen LogP contribution in [0.3, 0.4) is 0 Å². The van der Waals surface area contributed by atoms with E-state index in [1.54, 1.807) is 19.1 Å². The number of nitrogens with zero attached hydrogens (tertiary/aromatic N) is 2. The van der Waals surface area contributed by atoms with Gasteiger partial charge in [-0.25, -0.2) is 4.39 Å². The summed E-state index contributed by atoms with van der Waals surface area (Å²) in [6.45, 7) is 7.43. The molecule has 2 aliphatic heterocycles. The van der Waals surface area contributed by atoms with Crippen LogP contribution in [-0.2, 0) is 0 Å². The average molecular weight is 277 g/mol. The number of amides is 1. The van der Waals surface area contributed by atoms with E-state index in [9.17, 15) is 9.18 Å². The van der Waals surface area contributed by atoms with Gasteiger partial charge in [-0.1, -0.05) is 0 Å². The zero-order chi connectivity index (χ0) is 14.1. The van der Waals surface area contributed by atoms with Crippen LogP contribution in [0.25, 0.3) is 0 Å². The number of carbonyl (C=O) groups excluding carboxylic acids is 1. The highest BCUT2D eigenvalue weighted by Crippen LogP contribution is 2.19. The van der Waals surface area contributed by atoms with E-state index < -0.39 is 0 Å². The molecule has 0 radical (unpaired) electrons. The summed E-state index contributed by atoms with van der Waals surface area (Å²) in [7, 11) is 0. The maximum absolute atomic E-state index is 13.2. The van der Waals surface area contributed by atoms with Crippen LogP contribution < -0.4 is 5.32 Å². The summed E-state index contributed by atoms with van der Waals surface area (Å²) in [4.78, 5) is 16.6. The quantitative estimate of drug-likeness (QED) is 0.871. The standard InChI is InChI=1S/C15H20FN3O/c1-11-8-12(2-3-14(11)16)15(20)19-9-13(10-19)18-6-4-17-5-7-18/h2-3,8,13,17H,4-7,9-10H2,1H3. The van der Waals surface area contributed by atoms with Crippen LogP contribution in [0.5, 0.6) is 0 Å². The van der Waals surface area contributed by atoms with Crippen molar-refractivity contribution >= 4 is 5.91 Å². The Kier molecular flexibility index (Phi) is 3.72. The Bertz CT molecular complexity index is 508. The third-order valence-corrected chi connectivity index (χ3v) is 4.22. The van der Waals surface area contributed by atoms with Crippen molar-refractivity contribution in [2.45, 2.75) is 13.0 Å². The van der Waals surface area contributed by atoms with Crippen molar-refractivity contribution in [2.75, 3.05) is 39.3 Å². The molecule has 0 spiro atoms. The zero-order valence-corrected chi connectivity index (χ0v) is 11.7. The van der Waals surface area contributed by atoms with Crippen molar-refractivity contribution in [2.24, 2.45) is 0 Å². The van der Waals surface area contributed by atoms with Gasteiger partial charge in [0.25, 0.3) is 5.91 Å². The van der Waals surface area contributed by atoms with Crippen molar-refractivity contribution in [1.29, 1.82) is 0 Å². The number of aryl methyl sites for hydroxylation is 1. The van der Waals surface area contributed by atoms with Crippen LogP contribution in [0, 0.1) is 12.7 Å². The molecule has 0 unspecified atom stereocenters. The molecule has 0 aliphatic carbocycles. The number of carbonyl (C=O) groups is 1. The molecule has 4 nitrogen and oxygen atoms in total. The molecule has 108 valence electrons. The highest BCUT2D eigenvalue weighted by molar-refractivity contribution is 5.95. The number of likely N-dealkylation sites (tertiary alicyclic amines) is 1. The molecule has 1 N–H and O–H groups in total. The Hall–Kier alpha value is -1.46. The Balaban J connectivity index is 1.58. The summed E-state index contributed by atoms with van der Waals surface area (Å²) in [6, 6.07) is 5.07. The Morgan fingerprint density at radius 1 is 1.30 bits per heavy atom. The minimum absolute atomic E-state index is 0.0134. The summed E-state index contributed by atoms with van der Waals surface area (Å²) >= 11 is 0. The highest BCUT2D eigenvalue weighted by Gasteiger charge is 2.35. The van der Waals surface area contributed by atoms with E-state index in [0.717, 1.165) is 39.3 Å². The fraction of sp³-hybridized carbons (Fsp3) is 0.533. The zero-order valence-electron chi connectivity index (χ0n) is 11.7. The minimum atomic E-state index is -0.260. The van der Waals surface area contributed by atoms with E-state index in [2.05, 4.69) is 10.2 Å². The normalized spacial score (nSPS) is 20.8. The van der Waals surface area contributed by atoms with Gasteiger partial charge in [0.15, 0.2) is 0 Å². The second kappa shape index (κ2) is 5.50. The molecule has 2 aliphatic rings. The topological polar surface area (TPSA) is 35.6 Å². The molecule has 1 amide bonds. The number of hydrogen-bond acceptors (Lipinski definition) is 3. The van der Waals surface area contributed by atoms with Crippen molar-refractivity contribution in [3.8, 4) is 0 Å². The predicted molar refractivity (Wildman–Crippen MR) is 75.3 cm³/mol. The number of piperazine rings is 1. The van der Waals surface area contributed by atoms with Crippen LogP contribution in [0.15, 0.2) is 18.2 Å². The minimum Gasteiger partial charge on any atom is -0.335 e. The molecule has 0 saturated carbocycles. The van der Waals surface area contributed by atoms with Gasteiger partial charge >= 0.3 is 0 Å². The lowest BCUT2D eigenvalue weighted by molar-refractivity contribution is 0.0227. The van der Waals surface area contributed by atoms with Crippen LogP contribution >= 0.6 is 0 Å². The number of halogens is 1. The maximum Gasteiger partial charge on any atom is 0.253 e. The number of benzene rings is 1. The van der Waals surface area contributed by atoms with E-state index in [4.69, 9.17) is 0 Å². The second-order valence-electron chi connectivity index (χ2n) is 5.61. The Labute approximate surface area is 118 Å². The monoisotopic (exact) mass is 277 g/mol. The molecule has 3 rings (SSSR count). The van der Waals surface area contributed by atoms with Crippen LogP contribution in [-0.4, -0.2) is 61.0 Å². The van der Waals surface area contributed by atoms with E-state index >= 15 is 0 Å². The molecule has 2 fully saturated rings. The van der Waals surface area contributed by atoms with Crippen molar-refractivity contribution < 1.29 is 9.18 Å². The summed E-state index contributed by atoms with van der Waals surface area (Å²) in [5.41, 5.74) is 1.11. The largest absolute Gasteiger partial charge is 0.335 e. The van der Waals surface area contributed by atoms with Gasteiger partial charge in [0.1, 0.15) is 5.82 Å². The first-order chi connectivity index (χ1) is 9.65. The lowest BCUT2D eigenvalue weighted by atomic mass is 10.0. The van der Waals surface area contributed by atoms with E-state index in [-0.39, 0.29) is 11.7 Å². The van der Waals surface area contributed by atoms with Gasteiger partial charge in [0.05, 0.1) is 0 Å². The molecular formula is C15H20FN3O. The van der Waals surface area contributed by atoms with Crippen LogP contribution in [0.4, 0.5) is 4.39 Å². The second-order valence-corrected chi connectivity index (χ2v) is 5.61. The summed E-state index contributed by atoms with van der Waals surface area (Å²) in [6.07, 6.45) is 0. The Morgan fingerprint density at radius 3 is 2.65 bits per heavy atom. The maximum atomic E-state index is 13.2. The summed E-state index contributed by atoms with van der Waals surface area (Å²) in [5, 5.41) is 3.33. The van der Waals surface area contributed by atoms with Gasteiger partial charge in [0.2, 0.25) is 0 Å². The lowest BCUT2D eigenvalue weighted by Crippen LogP contribution is -2.63. The lowest BCUT2D eigenvalue weighted by Gasteiger charge is -2.46. The first-order valence-electron chi connectivity index (χ1n) is 7.15. The molecule has 0 bridgehead atoms. The van der Waals surface area contributed by atoms with E-state index in [1.807, 2.05) is 4.90 Å². The third kappa shape index (κ3) is 2.55. The molecule has 2 heterocycles. The Morgan fingerprint density at radius 2 is 2.00 bits per heavy atom. The first-order valence-corrected chi connectivity index (χ1v) is 7.15. The molecule has 2 saturated heterocycles.